The van der Waals surface area contributed by atoms with Crippen LogP contribution in [0.15, 0.2) is 0 Å². The quantitative estimate of drug-likeness (QED) is 0.619. The van der Waals surface area contributed by atoms with E-state index in [2.05, 4.69) is 18.7 Å². The molecule has 0 amide bonds. The van der Waals surface area contributed by atoms with E-state index in [0.29, 0.717) is 6.61 Å². The van der Waals surface area contributed by atoms with Gasteiger partial charge in [-0.1, -0.05) is 6.92 Å². The van der Waals surface area contributed by atoms with Crippen molar-refractivity contribution in [3.05, 3.63) is 0 Å². The van der Waals surface area contributed by atoms with Gasteiger partial charge in [0.2, 0.25) is 0 Å². The Hall–Kier alpha value is -0.0800. The molecule has 1 saturated heterocycles. The Morgan fingerprint density at radius 3 is 2.70 bits per heavy atom. The Labute approximate surface area is 62.8 Å². The second-order valence-electron chi connectivity index (χ2n) is 3.34. The van der Waals surface area contributed by atoms with Gasteiger partial charge in [-0.15, -0.1) is 0 Å². The van der Waals surface area contributed by atoms with Gasteiger partial charge < -0.3 is 5.11 Å². The SMILES string of the molecule is CCN1CCC[C@@]1(C)CO. The van der Waals surface area contributed by atoms with E-state index in [0.717, 1.165) is 19.5 Å². The second-order valence-corrected chi connectivity index (χ2v) is 3.34. The third-order valence-corrected chi connectivity index (χ3v) is 2.63. The number of hydrogen-bond donors (Lipinski definition) is 1. The number of nitrogens with zero attached hydrogens (tertiary/aromatic N) is 1. The first-order chi connectivity index (χ1) is 4.73. The van der Waals surface area contributed by atoms with Crippen LogP contribution in [-0.4, -0.2) is 35.2 Å². The van der Waals surface area contributed by atoms with Gasteiger partial charge in [-0.3, -0.25) is 4.90 Å². The van der Waals surface area contributed by atoms with Crippen LogP contribution in [0.2, 0.25) is 0 Å². The zero-order valence-corrected chi connectivity index (χ0v) is 6.93. The van der Waals surface area contributed by atoms with Gasteiger partial charge in [0.05, 0.1) is 6.61 Å². The maximum absolute atomic E-state index is 9.09. The zero-order chi connectivity index (χ0) is 7.61. The molecule has 1 atom stereocenters. The molecule has 0 aromatic heterocycles. The summed E-state index contributed by atoms with van der Waals surface area (Å²) in [6.45, 7) is 6.83. The van der Waals surface area contributed by atoms with Crippen LogP contribution in [0, 0.1) is 0 Å². The van der Waals surface area contributed by atoms with Gasteiger partial charge in [-0.2, -0.15) is 0 Å². The van der Waals surface area contributed by atoms with Crippen LogP contribution in [0.4, 0.5) is 0 Å². The van der Waals surface area contributed by atoms with E-state index in [9.17, 15) is 0 Å². The van der Waals surface area contributed by atoms with Gasteiger partial charge in [0.25, 0.3) is 0 Å². The fraction of sp³-hybridized carbons (Fsp3) is 1.00. The van der Waals surface area contributed by atoms with E-state index in [1.165, 1.54) is 6.42 Å². The van der Waals surface area contributed by atoms with Gasteiger partial charge in [-0.25, -0.2) is 0 Å². The largest absolute Gasteiger partial charge is 0.394 e. The summed E-state index contributed by atoms with van der Waals surface area (Å²) in [6, 6.07) is 0. The Bertz CT molecular complexity index is 116. The summed E-state index contributed by atoms with van der Waals surface area (Å²) in [5.74, 6) is 0. The van der Waals surface area contributed by atoms with Gasteiger partial charge in [0.1, 0.15) is 0 Å². The summed E-state index contributed by atoms with van der Waals surface area (Å²) in [7, 11) is 0. The Balaban J connectivity index is 2.56. The topological polar surface area (TPSA) is 23.5 Å². The van der Waals surface area contributed by atoms with E-state index in [-0.39, 0.29) is 5.54 Å². The first kappa shape index (κ1) is 8.02. The fourth-order valence-corrected chi connectivity index (χ4v) is 1.80. The summed E-state index contributed by atoms with van der Waals surface area (Å²) in [6.07, 6.45) is 2.39. The third kappa shape index (κ3) is 1.18. The lowest BCUT2D eigenvalue weighted by atomic mass is 10.0. The number of aliphatic hydroxyl groups is 1. The molecule has 60 valence electrons. The molecule has 0 aromatic carbocycles. The highest BCUT2D eigenvalue weighted by Gasteiger charge is 2.34. The minimum absolute atomic E-state index is 0.0920. The number of likely N-dealkylation sites (tertiary alicyclic amines) is 1. The summed E-state index contributed by atoms with van der Waals surface area (Å²) >= 11 is 0. The number of likely N-dealkylation sites (N-methyl/N-ethyl adjacent to an activating group) is 1. The van der Waals surface area contributed by atoms with Crippen molar-refractivity contribution in [1.29, 1.82) is 0 Å². The lowest BCUT2D eigenvalue weighted by molar-refractivity contribution is 0.0836. The van der Waals surface area contributed by atoms with Crippen molar-refractivity contribution in [1.82, 2.24) is 4.90 Å². The zero-order valence-electron chi connectivity index (χ0n) is 6.93. The molecule has 0 aromatic rings. The number of rotatable bonds is 2. The molecule has 10 heavy (non-hydrogen) atoms. The average molecular weight is 143 g/mol. The molecule has 0 radical (unpaired) electrons. The average Bonchev–Trinajstić information content (AvgIpc) is 2.32. The van der Waals surface area contributed by atoms with Crippen LogP contribution in [0.25, 0.3) is 0 Å². The Kier molecular flexibility index (Phi) is 2.32. The highest BCUT2D eigenvalue weighted by atomic mass is 16.3. The van der Waals surface area contributed by atoms with E-state index < -0.39 is 0 Å². The fourth-order valence-electron chi connectivity index (χ4n) is 1.80. The van der Waals surface area contributed by atoms with E-state index >= 15 is 0 Å². The molecule has 0 unspecified atom stereocenters. The van der Waals surface area contributed by atoms with Crippen LogP contribution in [0.5, 0.6) is 0 Å². The molecule has 1 heterocycles. The van der Waals surface area contributed by atoms with Gasteiger partial charge in [0, 0.05) is 5.54 Å². The van der Waals surface area contributed by atoms with Crippen LogP contribution in [0.1, 0.15) is 26.7 Å². The molecule has 2 nitrogen and oxygen atoms in total. The molecular weight excluding hydrogens is 126 g/mol. The first-order valence-electron chi connectivity index (χ1n) is 4.09. The lowest BCUT2D eigenvalue weighted by Gasteiger charge is -2.32. The molecule has 0 aliphatic carbocycles. The summed E-state index contributed by atoms with van der Waals surface area (Å²) in [5, 5.41) is 9.09. The molecule has 0 spiro atoms. The minimum Gasteiger partial charge on any atom is -0.394 e. The van der Waals surface area contributed by atoms with Gasteiger partial charge in [0.15, 0.2) is 0 Å². The predicted octanol–water partition coefficient (Wildman–Crippen LogP) is 0.853. The van der Waals surface area contributed by atoms with Crippen molar-refractivity contribution in [2.45, 2.75) is 32.2 Å². The third-order valence-electron chi connectivity index (χ3n) is 2.63. The number of hydrogen-bond acceptors (Lipinski definition) is 2. The summed E-state index contributed by atoms with van der Waals surface area (Å²) in [4.78, 5) is 2.35. The normalized spacial score (nSPS) is 35.1. The molecule has 1 fully saturated rings. The lowest BCUT2D eigenvalue weighted by Crippen LogP contribution is -2.43. The van der Waals surface area contributed by atoms with Crippen LogP contribution >= 0.6 is 0 Å². The van der Waals surface area contributed by atoms with Crippen molar-refractivity contribution in [3.63, 3.8) is 0 Å². The molecule has 1 rings (SSSR count). The maximum Gasteiger partial charge on any atom is 0.0612 e. The minimum atomic E-state index is 0.0920. The van der Waals surface area contributed by atoms with Crippen molar-refractivity contribution >= 4 is 0 Å². The van der Waals surface area contributed by atoms with E-state index in [1.54, 1.807) is 0 Å². The molecular formula is C8H17NO. The van der Waals surface area contributed by atoms with Crippen LogP contribution in [-0.2, 0) is 0 Å². The standard InChI is InChI=1S/C8H17NO/c1-3-9-6-4-5-8(9,2)7-10/h10H,3-7H2,1-2H3/t8-/m0/s1. The van der Waals surface area contributed by atoms with Gasteiger partial charge in [-0.05, 0) is 32.9 Å². The van der Waals surface area contributed by atoms with Crippen molar-refractivity contribution in [2.24, 2.45) is 0 Å². The van der Waals surface area contributed by atoms with Crippen LogP contribution < -0.4 is 0 Å². The second kappa shape index (κ2) is 2.89. The van der Waals surface area contributed by atoms with Crippen molar-refractivity contribution in [2.75, 3.05) is 19.7 Å². The highest BCUT2D eigenvalue weighted by molar-refractivity contribution is 4.90. The molecule has 2 heteroatoms. The predicted molar refractivity (Wildman–Crippen MR) is 42.0 cm³/mol. The summed E-state index contributed by atoms with van der Waals surface area (Å²) < 4.78 is 0. The maximum atomic E-state index is 9.09. The van der Waals surface area contributed by atoms with Crippen LogP contribution in [0.3, 0.4) is 0 Å². The molecule has 0 bridgehead atoms. The summed E-state index contributed by atoms with van der Waals surface area (Å²) in [5.41, 5.74) is 0.0920. The van der Waals surface area contributed by atoms with Crippen molar-refractivity contribution < 1.29 is 5.11 Å². The molecule has 1 N–H and O–H groups in total. The molecule has 0 saturated carbocycles. The van der Waals surface area contributed by atoms with Gasteiger partial charge >= 0.3 is 0 Å². The van der Waals surface area contributed by atoms with E-state index in [1.807, 2.05) is 0 Å². The Morgan fingerprint density at radius 1 is 1.60 bits per heavy atom. The van der Waals surface area contributed by atoms with Crippen molar-refractivity contribution in [3.8, 4) is 0 Å². The smallest absolute Gasteiger partial charge is 0.0612 e. The first-order valence-corrected chi connectivity index (χ1v) is 4.09. The Morgan fingerprint density at radius 2 is 2.30 bits per heavy atom. The monoisotopic (exact) mass is 143 g/mol. The molecule has 1 aliphatic heterocycles. The highest BCUT2D eigenvalue weighted by Crippen LogP contribution is 2.27. The molecule has 1 aliphatic rings. The van der Waals surface area contributed by atoms with E-state index in [4.69, 9.17) is 5.11 Å². The number of aliphatic hydroxyl groups excluding tert-OH is 1.